The highest BCUT2D eigenvalue weighted by molar-refractivity contribution is 6.30. The molecule has 7 heteroatoms. The summed E-state index contributed by atoms with van der Waals surface area (Å²) < 4.78 is 7.55. The van der Waals surface area contributed by atoms with E-state index in [1.54, 1.807) is 4.68 Å². The van der Waals surface area contributed by atoms with Crippen molar-refractivity contribution in [2.24, 2.45) is 7.05 Å². The minimum atomic E-state index is 0.289. The lowest BCUT2D eigenvalue weighted by atomic mass is 10.1. The molecule has 2 aliphatic rings. The van der Waals surface area contributed by atoms with Crippen molar-refractivity contribution < 1.29 is 4.42 Å². The minimum absolute atomic E-state index is 0.289. The van der Waals surface area contributed by atoms with Crippen molar-refractivity contribution in [1.82, 2.24) is 24.9 Å². The van der Waals surface area contributed by atoms with E-state index in [1.807, 2.05) is 14.0 Å². The molecule has 0 unspecified atom stereocenters. The Hall–Kier alpha value is -1.40. The molecule has 0 amide bonds. The zero-order chi connectivity index (χ0) is 15.3. The summed E-state index contributed by atoms with van der Waals surface area (Å²) in [4.78, 5) is 2.38. The van der Waals surface area contributed by atoms with Gasteiger partial charge in [-0.15, -0.1) is 10.2 Å². The number of rotatable bonds is 4. The number of aromatic nitrogens is 4. The summed E-state index contributed by atoms with van der Waals surface area (Å²) in [7, 11) is 1.89. The van der Waals surface area contributed by atoms with Crippen LogP contribution in [0.1, 0.15) is 60.7 Å². The molecule has 0 radical (unpaired) electrons. The zero-order valence-electron chi connectivity index (χ0n) is 12.9. The van der Waals surface area contributed by atoms with Crippen molar-refractivity contribution in [1.29, 1.82) is 0 Å². The van der Waals surface area contributed by atoms with Crippen LogP contribution in [0.3, 0.4) is 0 Å². The second-order valence-corrected chi connectivity index (χ2v) is 6.71. The van der Waals surface area contributed by atoms with Crippen molar-refractivity contribution in [2.75, 3.05) is 6.54 Å². The van der Waals surface area contributed by atoms with Crippen LogP contribution in [-0.2, 0) is 13.6 Å². The topological polar surface area (TPSA) is 60.0 Å². The number of halogens is 1. The van der Waals surface area contributed by atoms with Crippen molar-refractivity contribution in [3.8, 4) is 0 Å². The maximum Gasteiger partial charge on any atom is 0.230 e. The highest BCUT2D eigenvalue weighted by Gasteiger charge is 2.33. The van der Waals surface area contributed by atoms with Gasteiger partial charge in [0.05, 0.1) is 12.2 Å². The first-order chi connectivity index (χ1) is 10.6. The van der Waals surface area contributed by atoms with Gasteiger partial charge in [0.2, 0.25) is 11.8 Å². The fourth-order valence-electron chi connectivity index (χ4n) is 3.37. The number of aryl methyl sites for hydroxylation is 2. The maximum atomic E-state index is 6.44. The Morgan fingerprint density at radius 1 is 1.27 bits per heavy atom. The molecule has 1 saturated carbocycles. The molecule has 1 aliphatic carbocycles. The van der Waals surface area contributed by atoms with Crippen molar-refractivity contribution in [3.05, 3.63) is 28.2 Å². The fraction of sp³-hybridized carbons (Fsp3) is 0.667. The molecule has 1 aliphatic heterocycles. The molecule has 22 heavy (non-hydrogen) atoms. The standard InChI is InChI=1S/C15H20ClN5O/c1-9-13(14(16)20(2)19-9)11-4-3-7-21(11)8-12-17-18-15(22-12)10-5-6-10/h10-11H,3-8H2,1-2H3/t11-/m1/s1. The predicted molar refractivity (Wildman–Crippen MR) is 81.6 cm³/mol. The molecule has 3 heterocycles. The second-order valence-electron chi connectivity index (χ2n) is 6.35. The van der Waals surface area contributed by atoms with Crippen LogP contribution in [0.15, 0.2) is 4.42 Å². The van der Waals surface area contributed by atoms with E-state index in [4.69, 9.17) is 16.0 Å². The van der Waals surface area contributed by atoms with Gasteiger partial charge in [0, 0.05) is 24.6 Å². The molecule has 4 rings (SSSR count). The van der Waals surface area contributed by atoms with Gasteiger partial charge in [-0.05, 0) is 39.2 Å². The van der Waals surface area contributed by atoms with Crippen LogP contribution in [0.4, 0.5) is 0 Å². The monoisotopic (exact) mass is 321 g/mol. The highest BCUT2D eigenvalue weighted by atomic mass is 35.5. The molecule has 6 nitrogen and oxygen atoms in total. The van der Waals surface area contributed by atoms with E-state index in [1.165, 1.54) is 12.8 Å². The largest absolute Gasteiger partial charge is 0.424 e. The molecule has 2 aromatic rings. The third-order valence-corrected chi connectivity index (χ3v) is 5.09. The van der Waals surface area contributed by atoms with Crippen LogP contribution < -0.4 is 0 Å². The summed E-state index contributed by atoms with van der Waals surface area (Å²) in [6.07, 6.45) is 4.60. The summed E-state index contributed by atoms with van der Waals surface area (Å²) in [6, 6.07) is 0.289. The minimum Gasteiger partial charge on any atom is -0.424 e. The normalized spacial score (nSPS) is 22.6. The van der Waals surface area contributed by atoms with Crippen LogP contribution >= 0.6 is 11.6 Å². The smallest absolute Gasteiger partial charge is 0.230 e. The van der Waals surface area contributed by atoms with Gasteiger partial charge in [-0.2, -0.15) is 5.10 Å². The Bertz CT molecular complexity index is 690. The van der Waals surface area contributed by atoms with Crippen LogP contribution in [-0.4, -0.2) is 31.4 Å². The quantitative estimate of drug-likeness (QED) is 0.866. The van der Waals surface area contributed by atoms with Gasteiger partial charge in [-0.25, -0.2) is 0 Å². The van der Waals surface area contributed by atoms with Gasteiger partial charge in [0.15, 0.2) is 0 Å². The molecule has 0 bridgehead atoms. The summed E-state index contributed by atoms with van der Waals surface area (Å²) in [5.41, 5.74) is 2.15. The highest BCUT2D eigenvalue weighted by Crippen LogP contribution is 2.40. The third kappa shape index (κ3) is 2.44. The van der Waals surface area contributed by atoms with Crippen LogP contribution in [0.5, 0.6) is 0 Å². The van der Waals surface area contributed by atoms with Crippen molar-refractivity contribution in [2.45, 2.75) is 51.1 Å². The van der Waals surface area contributed by atoms with E-state index >= 15 is 0 Å². The molecular weight excluding hydrogens is 302 g/mol. The summed E-state index contributed by atoms with van der Waals surface area (Å²) >= 11 is 6.44. The van der Waals surface area contributed by atoms with Crippen LogP contribution in [0.2, 0.25) is 5.15 Å². The van der Waals surface area contributed by atoms with E-state index < -0.39 is 0 Å². The Morgan fingerprint density at radius 2 is 2.09 bits per heavy atom. The third-order valence-electron chi connectivity index (χ3n) is 4.64. The molecule has 1 saturated heterocycles. The molecule has 0 N–H and O–H groups in total. The second kappa shape index (κ2) is 5.35. The van der Waals surface area contributed by atoms with Gasteiger partial charge >= 0.3 is 0 Å². The fourth-order valence-corrected chi connectivity index (χ4v) is 3.67. The van der Waals surface area contributed by atoms with Crippen molar-refractivity contribution >= 4 is 11.6 Å². The van der Waals surface area contributed by atoms with Crippen molar-refractivity contribution in [3.63, 3.8) is 0 Å². The predicted octanol–water partition coefficient (Wildman–Crippen LogP) is 2.98. The molecule has 118 valence electrons. The Kier molecular flexibility index (Phi) is 3.46. The van der Waals surface area contributed by atoms with E-state index in [9.17, 15) is 0 Å². The van der Waals surface area contributed by atoms with E-state index in [0.717, 1.165) is 41.7 Å². The molecular formula is C15H20ClN5O. The summed E-state index contributed by atoms with van der Waals surface area (Å²) in [5, 5.41) is 13.6. The zero-order valence-corrected chi connectivity index (χ0v) is 13.7. The lowest BCUT2D eigenvalue weighted by Gasteiger charge is -2.23. The molecule has 2 aromatic heterocycles. The molecule has 1 atom stereocenters. The lowest BCUT2D eigenvalue weighted by molar-refractivity contribution is 0.221. The summed E-state index contributed by atoms with van der Waals surface area (Å²) in [6.45, 7) is 3.74. The number of hydrogen-bond donors (Lipinski definition) is 0. The Labute approximate surface area is 134 Å². The SMILES string of the molecule is Cc1nn(C)c(Cl)c1[C@H]1CCCN1Cc1nnc(C2CC2)o1. The number of nitrogens with zero attached hydrogens (tertiary/aromatic N) is 5. The van der Waals surface area contributed by atoms with E-state index in [-0.39, 0.29) is 6.04 Å². The first-order valence-electron chi connectivity index (χ1n) is 7.89. The van der Waals surface area contributed by atoms with Gasteiger partial charge in [-0.1, -0.05) is 11.6 Å². The average molecular weight is 322 g/mol. The van der Waals surface area contributed by atoms with Gasteiger partial charge < -0.3 is 4.42 Å². The number of hydrogen-bond acceptors (Lipinski definition) is 5. The first-order valence-corrected chi connectivity index (χ1v) is 8.26. The average Bonchev–Trinajstić information content (AvgIpc) is 2.98. The van der Waals surface area contributed by atoms with Crippen LogP contribution in [0.25, 0.3) is 0 Å². The number of likely N-dealkylation sites (tertiary alicyclic amines) is 1. The molecule has 0 aromatic carbocycles. The van der Waals surface area contributed by atoms with Gasteiger partial charge in [0.1, 0.15) is 5.15 Å². The first kappa shape index (κ1) is 14.2. The summed E-state index contributed by atoms with van der Waals surface area (Å²) in [5.74, 6) is 2.03. The molecule has 0 spiro atoms. The maximum absolute atomic E-state index is 6.44. The Balaban J connectivity index is 1.55. The molecule has 2 fully saturated rings. The van der Waals surface area contributed by atoms with E-state index in [0.29, 0.717) is 18.4 Å². The lowest BCUT2D eigenvalue weighted by Crippen LogP contribution is -2.23. The Morgan fingerprint density at radius 3 is 2.77 bits per heavy atom. The van der Waals surface area contributed by atoms with E-state index in [2.05, 4.69) is 20.2 Å². The van der Waals surface area contributed by atoms with Gasteiger partial charge in [-0.3, -0.25) is 9.58 Å². The van der Waals surface area contributed by atoms with Crippen LogP contribution in [0, 0.1) is 6.92 Å². The van der Waals surface area contributed by atoms with Gasteiger partial charge in [0.25, 0.3) is 0 Å².